The van der Waals surface area contributed by atoms with Gasteiger partial charge >= 0.3 is 0 Å². The highest BCUT2D eigenvalue weighted by Crippen LogP contribution is 2.19. The average molecular weight is 283 g/mol. The molecule has 0 amide bonds. The van der Waals surface area contributed by atoms with Gasteiger partial charge in [0.25, 0.3) is 0 Å². The molecular formula is C12H15ClN4S. The number of rotatable bonds is 6. The molecule has 0 aliphatic carbocycles. The fourth-order valence-electron chi connectivity index (χ4n) is 1.49. The first-order valence-corrected chi connectivity index (χ1v) is 7.08. The van der Waals surface area contributed by atoms with Crippen LogP contribution in [0.5, 0.6) is 0 Å². The second-order valence-corrected chi connectivity index (χ2v) is 5.12. The first kappa shape index (κ1) is 13.1. The Morgan fingerprint density at radius 1 is 1.39 bits per heavy atom. The number of halogens is 1. The Hall–Kier alpha value is -1.33. The third kappa shape index (κ3) is 3.58. The summed E-state index contributed by atoms with van der Waals surface area (Å²) in [6.07, 6.45) is 2.58. The van der Waals surface area contributed by atoms with Crippen molar-refractivity contribution in [2.75, 3.05) is 23.7 Å². The topological polar surface area (TPSA) is 49.8 Å². The maximum Gasteiger partial charge on any atom is 0.224 e. The second-order valence-electron chi connectivity index (χ2n) is 3.68. The van der Waals surface area contributed by atoms with Gasteiger partial charge < -0.3 is 10.6 Å². The van der Waals surface area contributed by atoms with Crippen LogP contribution in [0.25, 0.3) is 0 Å². The molecule has 18 heavy (non-hydrogen) atoms. The highest BCUT2D eigenvalue weighted by molar-refractivity contribution is 7.09. The molecule has 2 heterocycles. The third-order valence-electron chi connectivity index (χ3n) is 2.32. The van der Waals surface area contributed by atoms with Crippen LogP contribution in [0.1, 0.15) is 11.8 Å². The molecule has 6 heteroatoms. The molecule has 0 saturated carbocycles. The van der Waals surface area contributed by atoms with Crippen molar-refractivity contribution in [3.8, 4) is 0 Å². The van der Waals surface area contributed by atoms with Crippen LogP contribution in [0.2, 0.25) is 5.02 Å². The molecule has 0 fully saturated rings. The van der Waals surface area contributed by atoms with E-state index in [1.165, 1.54) is 4.88 Å². The van der Waals surface area contributed by atoms with Crippen molar-refractivity contribution < 1.29 is 0 Å². The summed E-state index contributed by atoms with van der Waals surface area (Å²) in [6.45, 7) is 3.60. The molecular weight excluding hydrogens is 268 g/mol. The minimum Gasteiger partial charge on any atom is -0.368 e. The van der Waals surface area contributed by atoms with Crippen LogP contribution in [0.15, 0.2) is 23.7 Å². The lowest BCUT2D eigenvalue weighted by molar-refractivity contribution is 1.01. The van der Waals surface area contributed by atoms with Crippen LogP contribution in [0.4, 0.5) is 11.8 Å². The van der Waals surface area contributed by atoms with Gasteiger partial charge in [-0.1, -0.05) is 17.7 Å². The lowest BCUT2D eigenvalue weighted by Gasteiger charge is -2.08. The average Bonchev–Trinajstić information content (AvgIpc) is 2.86. The number of nitrogens with zero attached hydrogens (tertiary/aromatic N) is 2. The summed E-state index contributed by atoms with van der Waals surface area (Å²) in [5.74, 6) is 1.28. The van der Waals surface area contributed by atoms with Crippen LogP contribution in [-0.2, 0) is 6.42 Å². The number of anilines is 2. The predicted octanol–water partition coefficient (Wildman–Crippen LogP) is 3.28. The molecule has 0 atom stereocenters. The minimum absolute atomic E-state index is 0.544. The SMILES string of the molecule is CCNc1ncc(Cl)c(NCCc2cccs2)n1. The molecule has 2 N–H and O–H groups in total. The van der Waals surface area contributed by atoms with Crippen molar-refractivity contribution in [1.82, 2.24) is 9.97 Å². The zero-order valence-electron chi connectivity index (χ0n) is 10.1. The van der Waals surface area contributed by atoms with Crippen molar-refractivity contribution in [1.29, 1.82) is 0 Å². The normalized spacial score (nSPS) is 10.3. The van der Waals surface area contributed by atoms with Crippen LogP contribution < -0.4 is 10.6 Å². The van der Waals surface area contributed by atoms with Gasteiger partial charge in [0.15, 0.2) is 0 Å². The lowest BCUT2D eigenvalue weighted by Crippen LogP contribution is -2.09. The van der Waals surface area contributed by atoms with Crippen LogP contribution in [0.3, 0.4) is 0 Å². The maximum absolute atomic E-state index is 6.04. The van der Waals surface area contributed by atoms with Gasteiger partial charge in [0.1, 0.15) is 10.8 Å². The number of aromatic nitrogens is 2. The largest absolute Gasteiger partial charge is 0.368 e. The van der Waals surface area contributed by atoms with Crippen molar-refractivity contribution in [3.63, 3.8) is 0 Å². The molecule has 0 saturated heterocycles. The number of hydrogen-bond acceptors (Lipinski definition) is 5. The fraction of sp³-hybridized carbons (Fsp3) is 0.333. The number of thiophene rings is 1. The van der Waals surface area contributed by atoms with E-state index in [0.29, 0.717) is 16.8 Å². The van der Waals surface area contributed by atoms with Crippen LogP contribution in [0, 0.1) is 0 Å². The van der Waals surface area contributed by atoms with E-state index in [2.05, 4.69) is 38.1 Å². The van der Waals surface area contributed by atoms with Gasteiger partial charge in [-0.15, -0.1) is 11.3 Å². The Labute approximate surface area is 115 Å². The first-order valence-electron chi connectivity index (χ1n) is 5.82. The van der Waals surface area contributed by atoms with Gasteiger partial charge in [0.05, 0.1) is 6.20 Å². The van der Waals surface area contributed by atoms with Gasteiger partial charge in [-0.05, 0) is 24.8 Å². The third-order valence-corrected chi connectivity index (χ3v) is 3.54. The zero-order chi connectivity index (χ0) is 12.8. The summed E-state index contributed by atoms with van der Waals surface area (Å²) in [5, 5.41) is 8.92. The molecule has 2 aromatic rings. The number of nitrogens with one attached hydrogen (secondary N) is 2. The Bertz CT molecular complexity index is 487. The van der Waals surface area contributed by atoms with E-state index in [-0.39, 0.29) is 0 Å². The highest BCUT2D eigenvalue weighted by Gasteiger charge is 2.04. The number of hydrogen-bond donors (Lipinski definition) is 2. The van der Waals surface area contributed by atoms with Crippen molar-refractivity contribution in [2.24, 2.45) is 0 Å². The monoisotopic (exact) mass is 282 g/mol. The first-order chi connectivity index (χ1) is 8.79. The molecule has 0 aliphatic heterocycles. The molecule has 4 nitrogen and oxygen atoms in total. The predicted molar refractivity (Wildman–Crippen MR) is 77.7 cm³/mol. The van der Waals surface area contributed by atoms with Gasteiger partial charge in [-0.2, -0.15) is 4.98 Å². The van der Waals surface area contributed by atoms with E-state index in [9.17, 15) is 0 Å². The highest BCUT2D eigenvalue weighted by atomic mass is 35.5. The Morgan fingerprint density at radius 3 is 3.00 bits per heavy atom. The smallest absolute Gasteiger partial charge is 0.224 e. The summed E-state index contributed by atoms with van der Waals surface area (Å²) >= 11 is 7.80. The standard InChI is InChI=1S/C12H15ClN4S/c1-2-14-12-16-8-10(13)11(17-12)15-6-5-9-4-3-7-18-9/h3-4,7-8H,2,5-6H2,1H3,(H2,14,15,16,17). The summed E-state index contributed by atoms with van der Waals surface area (Å²) < 4.78 is 0. The van der Waals surface area contributed by atoms with E-state index in [1.807, 2.05) is 6.92 Å². The van der Waals surface area contributed by atoms with Crippen LogP contribution >= 0.6 is 22.9 Å². The molecule has 0 bridgehead atoms. The Balaban J connectivity index is 1.93. The van der Waals surface area contributed by atoms with E-state index >= 15 is 0 Å². The summed E-state index contributed by atoms with van der Waals surface area (Å²) in [4.78, 5) is 9.76. The fourth-order valence-corrected chi connectivity index (χ4v) is 2.36. The molecule has 0 unspecified atom stereocenters. The Kier molecular flexibility index (Phi) is 4.78. The summed E-state index contributed by atoms with van der Waals surface area (Å²) in [6, 6.07) is 4.18. The molecule has 2 rings (SSSR count). The molecule has 2 aromatic heterocycles. The summed E-state index contributed by atoms with van der Waals surface area (Å²) in [7, 11) is 0. The Morgan fingerprint density at radius 2 is 2.28 bits per heavy atom. The van der Waals surface area contributed by atoms with Gasteiger partial charge in [-0.25, -0.2) is 4.98 Å². The molecule has 0 spiro atoms. The second kappa shape index (κ2) is 6.56. The van der Waals surface area contributed by atoms with Crippen LogP contribution in [-0.4, -0.2) is 23.1 Å². The zero-order valence-corrected chi connectivity index (χ0v) is 11.7. The van der Waals surface area contributed by atoms with Gasteiger partial charge in [0.2, 0.25) is 5.95 Å². The maximum atomic E-state index is 6.04. The molecule has 96 valence electrons. The minimum atomic E-state index is 0.544. The van der Waals surface area contributed by atoms with Crippen molar-refractivity contribution >= 4 is 34.7 Å². The lowest BCUT2D eigenvalue weighted by atomic mass is 10.3. The van der Waals surface area contributed by atoms with Gasteiger partial charge in [-0.3, -0.25) is 0 Å². The van der Waals surface area contributed by atoms with E-state index < -0.39 is 0 Å². The van der Waals surface area contributed by atoms with E-state index in [4.69, 9.17) is 11.6 Å². The molecule has 0 radical (unpaired) electrons. The molecule has 0 aromatic carbocycles. The summed E-state index contributed by atoms with van der Waals surface area (Å²) in [5.41, 5.74) is 0. The van der Waals surface area contributed by atoms with E-state index in [1.54, 1.807) is 17.5 Å². The van der Waals surface area contributed by atoms with Crippen molar-refractivity contribution in [2.45, 2.75) is 13.3 Å². The van der Waals surface area contributed by atoms with E-state index in [0.717, 1.165) is 19.5 Å². The molecule has 0 aliphatic rings. The van der Waals surface area contributed by atoms with Crippen molar-refractivity contribution in [3.05, 3.63) is 33.6 Å². The quantitative estimate of drug-likeness (QED) is 0.854. The van der Waals surface area contributed by atoms with Gasteiger partial charge in [0, 0.05) is 18.0 Å².